The Morgan fingerprint density at radius 2 is 1.81 bits per heavy atom. The van der Waals surface area contributed by atoms with Crippen LogP contribution in [-0.4, -0.2) is 12.2 Å². The van der Waals surface area contributed by atoms with Gasteiger partial charge in [0.25, 0.3) is 0 Å². The van der Waals surface area contributed by atoms with Crippen LogP contribution in [0.1, 0.15) is 26.3 Å². The summed E-state index contributed by atoms with van der Waals surface area (Å²) in [6.45, 7) is 0. The first-order valence-corrected chi connectivity index (χ1v) is 5.89. The van der Waals surface area contributed by atoms with Crippen LogP contribution in [0.25, 0.3) is 11.1 Å². The highest BCUT2D eigenvalue weighted by molar-refractivity contribution is 5.94. The van der Waals surface area contributed by atoms with Crippen molar-refractivity contribution in [2.75, 3.05) is 0 Å². The minimum absolute atomic E-state index is 0.0721. The van der Waals surface area contributed by atoms with E-state index in [-0.39, 0.29) is 22.3 Å². The molecule has 2 N–H and O–H groups in total. The molecule has 0 heterocycles. The largest absolute Gasteiger partial charge is 0.417 e. The number of hydrogen-bond acceptors (Lipinski definition) is 2. The van der Waals surface area contributed by atoms with Gasteiger partial charge in [0.15, 0.2) is 0 Å². The van der Waals surface area contributed by atoms with E-state index in [0.717, 1.165) is 6.07 Å². The summed E-state index contributed by atoms with van der Waals surface area (Å²) >= 11 is 0. The number of alkyl halides is 3. The number of rotatable bonds is 3. The van der Waals surface area contributed by atoms with E-state index in [1.807, 2.05) is 0 Å². The maximum Gasteiger partial charge on any atom is 0.417 e. The lowest BCUT2D eigenvalue weighted by molar-refractivity contribution is -0.137. The molecule has 6 heteroatoms. The fraction of sp³-hybridized carbons (Fsp3) is 0.0667. The van der Waals surface area contributed by atoms with Crippen molar-refractivity contribution in [1.82, 2.24) is 0 Å². The number of hydrogen-bond donors (Lipinski definition) is 1. The third kappa shape index (κ3) is 3.10. The SMILES string of the molecule is NC(=O)c1cccc(-c2ccc(C=O)cc2C(F)(F)F)c1. The third-order valence-corrected chi connectivity index (χ3v) is 2.94. The van der Waals surface area contributed by atoms with Gasteiger partial charge in [-0.2, -0.15) is 13.2 Å². The Balaban J connectivity index is 2.66. The Labute approximate surface area is 118 Å². The standard InChI is InChI=1S/C15H10F3NO2/c16-15(17,18)13-6-9(8-20)4-5-12(13)10-2-1-3-11(7-10)14(19)21/h1-8H,(H2,19,21). The average Bonchev–Trinajstić information content (AvgIpc) is 2.45. The summed E-state index contributed by atoms with van der Waals surface area (Å²) in [6, 6.07) is 8.85. The lowest BCUT2D eigenvalue weighted by Gasteiger charge is -2.14. The maximum absolute atomic E-state index is 13.1. The highest BCUT2D eigenvalue weighted by atomic mass is 19.4. The summed E-state index contributed by atoms with van der Waals surface area (Å²) in [6.07, 6.45) is -4.27. The Kier molecular flexibility index (Phi) is 3.80. The highest BCUT2D eigenvalue weighted by Gasteiger charge is 2.34. The molecule has 2 aromatic carbocycles. The zero-order chi connectivity index (χ0) is 15.6. The molecule has 0 aliphatic heterocycles. The van der Waals surface area contributed by atoms with E-state index in [9.17, 15) is 22.8 Å². The van der Waals surface area contributed by atoms with Gasteiger partial charge in [-0.15, -0.1) is 0 Å². The Morgan fingerprint density at radius 1 is 1.10 bits per heavy atom. The molecule has 0 bridgehead atoms. The van der Waals surface area contributed by atoms with E-state index in [1.54, 1.807) is 0 Å². The lowest BCUT2D eigenvalue weighted by Crippen LogP contribution is -2.11. The highest BCUT2D eigenvalue weighted by Crippen LogP contribution is 2.37. The van der Waals surface area contributed by atoms with Gasteiger partial charge in [0, 0.05) is 11.1 Å². The van der Waals surface area contributed by atoms with E-state index in [1.165, 1.54) is 36.4 Å². The molecule has 0 unspecified atom stereocenters. The zero-order valence-electron chi connectivity index (χ0n) is 10.6. The van der Waals surface area contributed by atoms with E-state index in [0.29, 0.717) is 6.29 Å². The fourth-order valence-electron chi connectivity index (χ4n) is 1.96. The molecule has 0 aliphatic carbocycles. The Morgan fingerprint density at radius 3 is 2.38 bits per heavy atom. The molecule has 1 amide bonds. The normalized spacial score (nSPS) is 11.2. The van der Waals surface area contributed by atoms with Gasteiger partial charge in [0.1, 0.15) is 6.29 Å². The van der Waals surface area contributed by atoms with Crippen LogP contribution in [0.5, 0.6) is 0 Å². The van der Waals surface area contributed by atoms with Crippen molar-refractivity contribution in [3.63, 3.8) is 0 Å². The van der Waals surface area contributed by atoms with Gasteiger partial charge in [0.2, 0.25) is 5.91 Å². The van der Waals surface area contributed by atoms with Crippen LogP contribution in [0, 0.1) is 0 Å². The molecule has 0 aliphatic rings. The number of carbonyl (C=O) groups is 2. The van der Waals surface area contributed by atoms with Crippen molar-refractivity contribution >= 4 is 12.2 Å². The van der Waals surface area contributed by atoms with Crippen molar-refractivity contribution in [2.45, 2.75) is 6.18 Å². The van der Waals surface area contributed by atoms with Crippen molar-refractivity contribution in [3.8, 4) is 11.1 Å². The van der Waals surface area contributed by atoms with Gasteiger partial charge in [0.05, 0.1) is 5.56 Å². The van der Waals surface area contributed by atoms with Gasteiger partial charge in [-0.1, -0.05) is 24.3 Å². The van der Waals surface area contributed by atoms with E-state index < -0.39 is 17.6 Å². The number of amides is 1. The zero-order valence-corrected chi connectivity index (χ0v) is 10.6. The van der Waals surface area contributed by atoms with Gasteiger partial charge in [-0.25, -0.2) is 0 Å². The predicted molar refractivity (Wildman–Crippen MR) is 70.8 cm³/mol. The molecular weight excluding hydrogens is 283 g/mol. The first-order valence-electron chi connectivity index (χ1n) is 5.89. The summed E-state index contributed by atoms with van der Waals surface area (Å²) < 4.78 is 39.3. The number of primary amides is 1. The first-order chi connectivity index (χ1) is 9.82. The molecule has 0 saturated heterocycles. The number of benzene rings is 2. The van der Waals surface area contributed by atoms with E-state index in [4.69, 9.17) is 5.73 Å². The van der Waals surface area contributed by atoms with Crippen molar-refractivity contribution in [2.24, 2.45) is 5.73 Å². The summed E-state index contributed by atoms with van der Waals surface area (Å²) in [5.41, 5.74) is 4.32. The van der Waals surface area contributed by atoms with Crippen LogP contribution in [-0.2, 0) is 6.18 Å². The molecule has 2 rings (SSSR count). The van der Waals surface area contributed by atoms with Crippen LogP contribution in [0.3, 0.4) is 0 Å². The second-order valence-electron chi connectivity index (χ2n) is 4.37. The van der Waals surface area contributed by atoms with Crippen LogP contribution >= 0.6 is 0 Å². The monoisotopic (exact) mass is 293 g/mol. The number of nitrogens with two attached hydrogens (primary N) is 1. The fourth-order valence-corrected chi connectivity index (χ4v) is 1.96. The molecule has 0 fully saturated rings. The summed E-state index contributed by atoms with van der Waals surface area (Å²) in [5, 5.41) is 0. The van der Waals surface area contributed by atoms with Crippen molar-refractivity contribution in [1.29, 1.82) is 0 Å². The molecule has 0 saturated carbocycles. The number of carbonyl (C=O) groups excluding carboxylic acids is 2. The topological polar surface area (TPSA) is 60.2 Å². The van der Waals surface area contributed by atoms with Gasteiger partial charge in [-0.3, -0.25) is 9.59 Å². The molecule has 3 nitrogen and oxygen atoms in total. The molecule has 0 aromatic heterocycles. The maximum atomic E-state index is 13.1. The summed E-state index contributed by atoms with van der Waals surface area (Å²) in [5.74, 6) is -0.727. The first kappa shape index (κ1) is 14.8. The Hall–Kier alpha value is -2.63. The van der Waals surface area contributed by atoms with Gasteiger partial charge in [-0.05, 0) is 29.3 Å². The summed E-state index contributed by atoms with van der Waals surface area (Å²) in [4.78, 5) is 21.8. The molecular formula is C15H10F3NO2. The smallest absolute Gasteiger partial charge is 0.366 e. The molecule has 2 aromatic rings. The van der Waals surface area contributed by atoms with Crippen LogP contribution in [0.4, 0.5) is 13.2 Å². The van der Waals surface area contributed by atoms with Gasteiger partial charge >= 0.3 is 6.18 Å². The molecule has 21 heavy (non-hydrogen) atoms. The molecule has 0 radical (unpaired) electrons. The van der Waals surface area contributed by atoms with E-state index >= 15 is 0 Å². The number of halogens is 3. The minimum atomic E-state index is -4.61. The second-order valence-corrected chi connectivity index (χ2v) is 4.37. The second kappa shape index (κ2) is 5.40. The molecule has 108 valence electrons. The average molecular weight is 293 g/mol. The lowest BCUT2D eigenvalue weighted by atomic mass is 9.96. The Bertz CT molecular complexity index is 708. The van der Waals surface area contributed by atoms with Crippen LogP contribution < -0.4 is 5.73 Å². The van der Waals surface area contributed by atoms with Crippen molar-refractivity contribution < 1.29 is 22.8 Å². The van der Waals surface area contributed by atoms with E-state index in [2.05, 4.69) is 0 Å². The number of aldehydes is 1. The van der Waals surface area contributed by atoms with Crippen molar-refractivity contribution in [3.05, 3.63) is 59.2 Å². The van der Waals surface area contributed by atoms with Gasteiger partial charge < -0.3 is 5.73 Å². The molecule has 0 atom stereocenters. The van der Waals surface area contributed by atoms with Crippen LogP contribution in [0.15, 0.2) is 42.5 Å². The minimum Gasteiger partial charge on any atom is -0.366 e. The third-order valence-electron chi connectivity index (χ3n) is 2.94. The quantitative estimate of drug-likeness (QED) is 0.883. The molecule has 0 spiro atoms. The van der Waals surface area contributed by atoms with Crippen LogP contribution in [0.2, 0.25) is 0 Å². The predicted octanol–water partition coefficient (Wildman–Crippen LogP) is 3.28. The summed E-state index contributed by atoms with van der Waals surface area (Å²) in [7, 11) is 0.